The Morgan fingerprint density at radius 1 is 0.912 bits per heavy atom. The number of piperazine rings is 1. The van der Waals surface area contributed by atoms with E-state index in [1.165, 1.54) is 0 Å². The highest BCUT2D eigenvalue weighted by Gasteiger charge is 2.28. The summed E-state index contributed by atoms with van der Waals surface area (Å²) >= 11 is 0. The third-order valence-electron chi connectivity index (χ3n) is 5.92. The van der Waals surface area contributed by atoms with E-state index < -0.39 is 10.0 Å². The molecule has 34 heavy (non-hydrogen) atoms. The lowest BCUT2D eigenvalue weighted by Crippen LogP contribution is -2.48. The number of carbonyl (C=O) groups is 1. The summed E-state index contributed by atoms with van der Waals surface area (Å²) in [4.78, 5) is 14.9. The highest BCUT2D eigenvalue weighted by molar-refractivity contribution is 7.89. The maximum Gasteiger partial charge on any atom is 0.255 e. The Bertz CT molecular complexity index is 1250. The fourth-order valence-corrected chi connectivity index (χ4v) is 5.43. The SMILES string of the molecule is Cc1cc(S(=O)(=O)N2CCN(C/C=C/c3ccccc3)CC2)ccc1NC(=O)c1ccccc1. The molecule has 176 valence electrons. The molecular weight excluding hydrogens is 446 g/mol. The van der Waals surface area contributed by atoms with Crippen molar-refractivity contribution in [3.05, 3.63) is 102 Å². The van der Waals surface area contributed by atoms with Crippen LogP contribution in [0.3, 0.4) is 0 Å². The molecule has 3 aromatic rings. The van der Waals surface area contributed by atoms with Crippen LogP contribution in [-0.2, 0) is 10.0 Å². The Morgan fingerprint density at radius 2 is 1.56 bits per heavy atom. The number of hydrogen-bond acceptors (Lipinski definition) is 4. The van der Waals surface area contributed by atoms with Gasteiger partial charge in [0.1, 0.15) is 0 Å². The average Bonchev–Trinajstić information content (AvgIpc) is 2.86. The second-order valence-corrected chi connectivity index (χ2v) is 10.3. The summed E-state index contributed by atoms with van der Waals surface area (Å²) in [6, 6.07) is 23.9. The molecule has 1 N–H and O–H groups in total. The molecule has 7 heteroatoms. The van der Waals surface area contributed by atoms with Crippen LogP contribution >= 0.6 is 0 Å². The van der Waals surface area contributed by atoms with Crippen LogP contribution in [0.2, 0.25) is 0 Å². The van der Waals surface area contributed by atoms with E-state index in [-0.39, 0.29) is 10.8 Å². The van der Waals surface area contributed by atoms with E-state index in [1.807, 2.05) is 24.3 Å². The Kier molecular flexibility index (Phi) is 7.57. The van der Waals surface area contributed by atoms with E-state index in [9.17, 15) is 13.2 Å². The van der Waals surface area contributed by atoms with Crippen LogP contribution in [0, 0.1) is 6.92 Å². The van der Waals surface area contributed by atoms with E-state index in [1.54, 1.807) is 53.7 Å². The van der Waals surface area contributed by atoms with Gasteiger partial charge in [0, 0.05) is 44.0 Å². The zero-order valence-corrected chi connectivity index (χ0v) is 20.0. The minimum Gasteiger partial charge on any atom is -0.322 e. The Balaban J connectivity index is 1.35. The molecule has 1 heterocycles. The fraction of sp³-hybridized carbons (Fsp3) is 0.222. The number of benzene rings is 3. The van der Waals surface area contributed by atoms with Crippen molar-refractivity contribution in [2.24, 2.45) is 0 Å². The van der Waals surface area contributed by atoms with Gasteiger partial charge in [-0.2, -0.15) is 4.31 Å². The number of sulfonamides is 1. The molecule has 0 atom stereocenters. The molecule has 0 saturated carbocycles. The van der Waals surface area contributed by atoms with Gasteiger partial charge in [-0.25, -0.2) is 8.42 Å². The zero-order valence-electron chi connectivity index (χ0n) is 19.2. The van der Waals surface area contributed by atoms with Crippen LogP contribution in [-0.4, -0.2) is 56.3 Å². The van der Waals surface area contributed by atoms with Gasteiger partial charge < -0.3 is 5.32 Å². The molecule has 1 amide bonds. The van der Waals surface area contributed by atoms with E-state index in [0.717, 1.165) is 12.1 Å². The molecule has 1 aliphatic rings. The molecule has 3 aromatic carbocycles. The molecular formula is C27H29N3O3S. The van der Waals surface area contributed by atoms with Crippen LogP contribution in [0.5, 0.6) is 0 Å². The predicted molar refractivity (Wildman–Crippen MR) is 136 cm³/mol. The topological polar surface area (TPSA) is 69.7 Å². The summed E-state index contributed by atoms with van der Waals surface area (Å²) in [5.74, 6) is -0.225. The summed E-state index contributed by atoms with van der Waals surface area (Å²) in [5, 5.41) is 2.86. The summed E-state index contributed by atoms with van der Waals surface area (Å²) < 4.78 is 28.0. The Labute approximate surface area is 201 Å². The first-order chi connectivity index (χ1) is 16.4. The Morgan fingerprint density at radius 3 is 2.21 bits per heavy atom. The molecule has 1 fully saturated rings. The molecule has 0 aliphatic carbocycles. The lowest BCUT2D eigenvalue weighted by molar-refractivity contribution is 0.102. The minimum atomic E-state index is -3.59. The lowest BCUT2D eigenvalue weighted by atomic mass is 10.1. The quantitative estimate of drug-likeness (QED) is 0.554. The van der Waals surface area contributed by atoms with Crippen molar-refractivity contribution in [3.8, 4) is 0 Å². The maximum absolute atomic E-state index is 13.2. The molecule has 0 unspecified atom stereocenters. The molecule has 6 nitrogen and oxygen atoms in total. The van der Waals surface area contributed by atoms with Gasteiger partial charge in [-0.1, -0.05) is 60.7 Å². The third kappa shape index (κ3) is 5.80. The van der Waals surface area contributed by atoms with Crippen LogP contribution in [0.15, 0.2) is 89.8 Å². The van der Waals surface area contributed by atoms with Crippen LogP contribution in [0.1, 0.15) is 21.5 Å². The first-order valence-corrected chi connectivity index (χ1v) is 12.8. The first-order valence-electron chi connectivity index (χ1n) is 11.3. The molecule has 0 spiro atoms. The van der Waals surface area contributed by atoms with E-state index in [0.29, 0.717) is 43.0 Å². The first kappa shape index (κ1) is 23.9. The molecule has 1 aliphatic heterocycles. The monoisotopic (exact) mass is 475 g/mol. The smallest absolute Gasteiger partial charge is 0.255 e. The van der Waals surface area contributed by atoms with E-state index in [2.05, 4.69) is 34.5 Å². The number of aryl methyl sites for hydroxylation is 1. The van der Waals surface area contributed by atoms with Crippen LogP contribution in [0.4, 0.5) is 5.69 Å². The van der Waals surface area contributed by atoms with Gasteiger partial charge in [0.2, 0.25) is 10.0 Å². The molecule has 4 rings (SSSR count). The van der Waals surface area contributed by atoms with Gasteiger partial charge in [0.15, 0.2) is 0 Å². The molecule has 0 bridgehead atoms. The average molecular weight is 476 g/mol. The number of carbonyl (C=O) groups excluding carboxylic acids is 1. The lowest BCUT2D eigenvalue weighted by Gasteiger charge is -2.33. The molecule has 1 saturated heterocycles. The molecule has 0 aromatic heterocycles. The summed E-state index contributed by atoms with van der Waals surface area (Å²) in [6.45, 7) is 4.86. The van der Waals surface area contributed by atoms with Crippen molar-refractivity contribution in [3.63, 3.8) is 0 Å². The number of rotatable bonds is 7. The summed E-state index contributed by atoms with van der Waals surface area (Å²) in [7, 11) is -3.59. The number of nitrogens with zero attached hydrogens (tertiary/aromatic N) is 2. The zero-order chi connectivity index (χ0) is 24.0. The van der Waals surface area contributed by atoms with Crippen LogP contribution in [0.25, 0.3) is 6.08 Å². The number of nitrogens with one attached hydrogen (secondary N) is 1. The van der Waals surface area contributed by atoms with Crippen molar-refractivity contribution in [2.75, 3.05) is 38.0 Å². The highest BCUT2D eigenvalue weighted by atomic mass is 32.2. The summed E-state index contributed by atoms with van der Waals surface area (Å²) in [5.41, 5.74) is 3.01. The van der Waals surface area contributed by atoms with Gasteiger partial charge in [0.05, 0.1) is 4.90 Å². The number of hydrogen-bond donors (Lipinski definition) is 1. The standard InChI is InChI=1S/C27H29N3O3S/c1-22-21-25(14-15-26(22)28-27(31)24-12-6-3-7-13-24)34(32,33)30-19-17-29(18-20-30)16-8-11-23-9-4-2-5-10-23/h2-15,21H,16-20H2,1H3,(H,28,31)/b11-8+. The third-order valence-corrected chi connectivity index (χ3v) is 7.82. The minimum absolute atomic E-state index is 0.225. The van der Waals surface area contributed by atoms with Gasteiger partial charge in [-0.05, 0) is 48.4 Å². The van der Waals surface area contributed by atoms with E-state index in [4.69, 9.17) is 0 Å². The highest BCUT2D eigenvalue weighted by Crippen LogP contribution is 2.24. The van der Waals surface area contributed by atoms with Crippen molar-refractivity contribution >= 4 is 27.7 Å². The van der Waals surface area contributed by atoms with Crippen LogP contribution < -0.4 is 5.32 Å². The predicted octanol–water partition coefficient (Wildman–Crippen LogP) is 4.27. The second kappa shape index (κ2) is 10.8. The largest absolute Gasteiger partial charge is 0.322 e. The maximum atomic E-state index is 13.2. The number of amides is 1. The Hall–Kier alpha value is -3.26. The van der Waals surface area contributed by atoms with Gasteiger partial charge in [-0.15, -0.1) is 0 Å². The van der Waals surface area contributed by atoms with Crippen molar-refractivity contribution in [1.82, 2.24) is 9.21 Å². The van der Waals surface area contributed by atoms with E-state index >= 15 is 0 Å². The number of anilines is 1. The molecule has 0 radical (unpaired) electrons. The normalized spacial score (nSPS) is 15.4. The van der Waals surface area contributed by atoms with Crippen molar-refractivity contribution in [1.29, 1.82) is 0 Å². The van der Waals surface area contributed by atoms with Gasteiger partial charge >= 0.3 is 0 Å². The van der Waals surface area contributed by atoms with Crippen molar-refractivity contribution in [2.45, 2.75) is 11.8 Å². The van der Waals surface area contributed by atoms with Crippen molar-refractivity contribution < 1.29 is 13.2 Å². The van der Waals surface area contributed by atoms with Gasteiger partial charge in [-0.3, -0.25) is 9.69 Å². The fourth-order valence-electron chi connectivity index (χ4n) is 3.92. The summed E-state index contributed by atoms with van der Waals surface area (Å²) in [6.07, 6.45) is 4.20. The van der Waals surface area contributed by atoms with Gasteiger partial charge in [0.25, 0.3) is 5.91 Å². The second-order valence-electron chi connectivity index (χ2n) is 8.31.